The smallest absolute Gasteiger partial charge is 0.335 e. The van der Waals surface area contributed by atoms with Crippen LogP contribution in [0.15, 0.2) is 316 Å². The number of ether oxygens (including phenoxy) is 1. The van der Waals surface area contributed by atoms with Crippen molar-refractivity contribution in [2.24, 2.45) is 0 Å². The number of carboxylic acids is 1. The molecule has 0 bridgehead atoms. The Morgan fingerprint density at radius 2 is 0.670 bits per heavy atom. The lowest BCUT2D eigenvalue weighted by Crippen LogP contribution is -2.02. The lowest BCUT2D eigenvalue weighted by molar-refractivity contribution is 0.0696. The molecule has 4 heterocycles. The predicted octanol–water partition coefficient (Wildman–Crippen LogP) is 17.8. The maximum Gasteiger partial charge on any atom is 0.335 e. The number of hydrogen-bond acceptors (Lipinski definition) is 12. The summed E-state index contributed by atoms with van der Waals surface area (Å²) < 4.78 is 13.6. The quantitative estimate of drug-likeness (QED) is 0.0442. The number of nitriles is 1. The molecular weight excluding hydrogens is 1240 g/mol. The number of methoxy groups -OCH3 is 1. The number of para-hydroxylation sites is 8. The number of aromatic nitrogens is 8. The maximum absolute atomic E-state index is 10.9. The van der Waals surface area contributed by atoms with Gasteiger partial charge in [0.1, 0.15) is 36.8 Å². The number of imidazole rings is 4. The van der Waals surface area contributed by atoms with Gasteiger partial charge in [-0.3, -0.25) is 18.3 Å². The van der Waals surface area contributed by atoms with E-state index in [0.29, 0.717) is 25.2 Å². The van der Waals surface area contributed by atoms with Gasteiger partial charge in [-0.2, -0.15) is 5.26 Å². The molecule has 12 aromatic carbocycles. The fraction of sp³-hybridized carbons (Fsp3) is 0.0602. The predicted molar refractivity (Wildman–Crippen MR) is 399 cm³/mol. The van der Waals surface area contributed by atoms with E-state index in [1.165, 1.54) is 16.7 Å². The number of benzene rings is 12. The van der Waals surface area contributed by atoms with Crippen molar-refractivity contribution in [1.82, 2.24) is 38.2 Å². The average Bonchev–Trinajstić information content (AvgIpc) is 1.67. The molecule has 100 heavy (non-hydrogen) atoms. The second-order valence-corrected chi connectivity index (χ2v) is 23.4. The maximum atomic E-state index is 10.9. The number of rotatable bonds is 18. The zero-order valence-corrected chi connectivity index (χ0v) is 54.6. The highest BCUT2D eigenvalue weighted by atomic mass is 16.5. The number of aromatic hydroxyl groups is 1. The lowest BCUT2D eigenvalue weighted by Gasteiger charge is -2.10. The van der Waals surface area contributed by atoms with Crippen molar-refractivity contribution in [2.75, 3.05) is 28.4 Å². The summed E-state index contributed by atoms with van der Waals surface area (Å²) in [5, 5.41) is 40.7. The monoisotopic (exact) mass is 1310 g/mol. The van der Waals surface area contributed by atoms with Crippen molar-refractivity contribution in [3.05, 3.63) is 350 Å². The zero-order valence-electron chi connectivity index (χ0n) is 54.6. The van der Waals surface area contributed by atoms with Crippen LogP contribution in [0.1, 0.15) is 38.2 Å². The van der Waals surface area contributed by atoms with Crippen LogP contribution in [-0.4, -0.2) is 61.5 Å². The van der Waals surface area contributed by atoms with Crippen molar-refractivity contribution in [3.8, 4) is 40.3 Å². The SMILES string of the molecule is COc1ccc(NCc2cccc(-n3cnc4ccccc43)c2)cc1.N#Cc1ccc(NCc2cccc(-n3cnc4ccccc43)c2)cc1.O=C(O)c1ccc(NCc2cccc(-n3cnc4ccccc43)c2)cc1.Oc1ccc(NCc2cccc(-n3cnc4ccccc43)c2)cc1. The Morgan fingerprint density at radius 3 is 0.970 bits per heavy atom. The fourth-order valence-corrected chi connectivity index (χ4v) is 11.4. The van der Waals surface area contributed by atoms with Gasteiger partial charge < -0.3 is 36.2 Å². The molecule has 0 aliphatic heterocycles. The van der Waals surface area contributed by atoms with Gasteiger partial charge in [-0.05, 0) is 216 Å². The Morgan fingerprint density at radius 1 is 0.380 bits per heavy atom. The molecule has 0 aliphatic rings. The number of nitrogens with zero attached hydrogens (tertiary/aromatic N) is 9. The van der Waals surface area contributed by atoms with Gasteiger partial charge in [0.25, 0.3) is 0 Å². The molecule has 0 spiro atoms. The highest BCUT2D eigenvalue weighted by molar-refractivity contribution is 5.88. The van der Waals surface area contributed by atoms with E-state index in [1.807, 2.05) is 165 Å². The molecular formula is C83H69N13O4. The summed E-state index contributed by atoms with van der Waals surface area (Å²) in [5.74, 6) is 0.214. The van der Waals surface area contributed by atoms with E-state index in [1.54, 1.807) is 43.5 Å². The topological polar surface area (TPSA) is 210 Å². The number of carboxylic acid groups (broad SMARTS) is 1. The number of phenols is 1. The Labute approximate surface area is 577 Å². The van der Waals surface area contributed by atoms with Crippen molar-refractivity contribution in [3.63, 3.8) is 0 Å². The van der Waals surface area contributed by atoms with Crippen LogP contribution in [0.3, 0.4) is 0 Å². The molecule has 0 unspecified atom stereocenters. The molecule has 4 aromatic heterocycles. The van der Waals surface area contributed by atoms with Crippen LogP contribution in [-0.2, 0) is 26.2 Å². The average molecular weight is 1310 g/mol. The molecule has 17 heteroatoms. The molecule has 17 nitrogen and oxygen atoms in total. The number of fused-ring (bicyclic) bond motifs is 4. The Kier molecular flexibility index (Phi) is 20.3. The van der Waals surface area contributed by atoms with Crippen molar-refractivity contribution < 1.29 is 19.7 Å². The summed E-state index contributed by atoms with van der Waals surface area (Å²) in [6.07, 6.45) is 7.43. The van der Waals surface area contributed by atoms with Crippen molar-refractivity contribution in [2.45, 2.75) is 26.2 Å². The van der Waals surface area contributed by atoms with Crippen LogP contribution in [0.4, 0.5) is 22.7 Å². The minimum absolute atomic E-state index is 0.273. The number of phenolic OH excluding ortho intramolecular Hbond substituents is 1. The van der Waals surface area contributed by atoms with Crippen LogP contribution in [0, 0.1) is 11.3 Å². The van der Waals surface area contributed by atoms with E-state index in [2.05, 4.69) is 181 Å². The molecule has 6 N–H and O–H groups in total. The first-order valence-electron chi connectivity index (χ1n) is 32.4. The van der Waals surface area contributed by atoms with E-state index < -0.39 is 5.97 Å². The summed E-state index contributed by atoms with van der Waals surface area (Å²) in [6.45, 7) is 2.83. The van der Waals surface area contributed by atoms with Gasteiger partial charge in [-0.15, -0.1) is 0 Å². The van der Waals surface area contributed by atoms with Crippen molar-refractivity contribution in [1.29, 1.82) is 5.26 Å². The molecule has 16 rings (SSSR count). The van der Waals surface area contributed by atoms with E-state index in [0.717, 1.165) is 107 Å². The van der Waals surface area contributed by atoms with Gasteiger partial charge in [0.15, 0.2) is 0 Å². The van der Waals surface area contributed by atoms with Gasteiger partial charge in [0, 0.05) is 71.7 Å². The van der Waals surface area contributed by atoms with E-state index in [9.17, 15) is 9.90 Å². The van der Waals surface area contributed by atoms with Crippen LogP contribution < -0.4 is 26.0 Å². The molecule has 0 saturated heterocycles. The molecule has 0 atom stereocenters. The first-order valence-corrected chi connectivity index (χ1v) is 32.4. The minimum atomic E-state index is -0.920. The number of aromatic carboxylic acids is 1. The third-order valence-electron chi connectivity index (χ3n) is 16.7. The third-order valence-corrected chi connectivity index (χ3v) is 16.7. The molecule has 0 saturated carbocycles. The summed E-state index contributed by atoms with van der Waals surface area (Å²) in [7, 11) is 1.67. The molecule has 0 fully saturated rings. The second-order valence-electron chi connectivity index (χ2n) is 23.4. The molecule has 0 amide bonds. The first-order chi connectivity index (χ1) is 49.2. The largest absolute Gasteiger partial charge is 0.508 e. The normalized spacial score (nSPS) is 10.7. The number of hydrogen-bond donors (Lipinski definition) is 6. The second kappa shape index (κ2) is 31.2. The fourth-order valence-electron chi connectivity index (χ4n) is 11.4. The molecule has 490 valence electrons. The highest BCUT2D eigenvalue weighted by Gasteiger charge is 2.11. The van der Waals surface area contributed by atoms with Crippen LogP contribution in [0.2, 0.25) is 0 Å². The summed E-state index contributed by atoms with van der Waals surface area (Å²) in [4.78, 5) is 28.7. The standard InChI is InChI=1S/C21H16N4.C21H17N3O2.C21H19N3O.C20H17N3O/c22-13-16-8-10-18(11-9-16)23-14-17-4-3-5-19(12-17)25-15-24-20-6-1-2-7-21(20)25;25-21(26)16-8-10-17(11-9-16)22-13-15-4-3-5-18(12-15)24-14-23-19-6-1-2-7-20(19)24;1-25-19-11-9-17(10-12-19)22-14-16-5-4-6-18(13-16)24-15-23-20-7-2-3-8-21(20)24;24-18-10-8-16(9-11-18)21-13-15-4-3-5-17(12-15)23-14-22-19-6-1-2-7-20(19)23/h1-12,15,23H,14H2;1-12,14,22H,13H2,(H,25,26);2-13,15,22H,14H2,1H3;1-12,14,21,24H,13H2. The van der Waals surface area contributed by atoms with Crippen molar-refractivity contribution >= 4 is 72.9 Å². The minimum Gasteiger partial charge on any atom is -0.508 e. The molecule has 0 radical (unpaired) electrons. The van der Waals surface area contributed by atoms with Gasteiger partial charge >= 0.3 is 5.97 Å². The van der Waals surface area contributed by atoms with E-state index in [4.69, 9.17) is 15.1 Å². The third kappa shape index (κ3) is 16.1. The van der Waals surface area contributed by atoms with Crippen LogP contribution >= 0.6 is 0 Å². The summed E-state index contributed by atoms with van der Waals surface area (Å²) in [6, 6.07) is 97.3. The summed E-state index contributed by atoms with van der Waals surface area (Å²) in [5.41, 5.74) is 22.3. The number of nitrogens with one attached hydrogen (secondary N) is 4. The lowest BCUT2D eigenvalue weighted by atomic mass is 10.1. The summed E-state index contributed by atoms with van der Waals surface area (Å²) >= 11 is 0. The van der Waals surface area contributed by atoms with Gasteiger partial charge in [-0.1, -0.05) is 97.1 Å². The van der Waals surface area contributed by atoms with E-state index in [-0.39, 0.29) is 11.3 Å². The molecule has 0 aliphatic carbocycles. The Balaban J connectivity index is 0.000000120. The molecule has 16 aromatic rings. The Hall–Kier alpha value is -13.7. The van der Waals surface area contributed by atoms with Crippen LogP contribution in [0.25, 0.3) is 66.9 Å². The van der Waals surface area contributed by atoms with E-state index >= 15 is 0 Å². The van der Waals surface area contributed by atoms with Gasteiger partial charge in [0.05, 0.1) is 68.4 Å². The van der Waals surface area contributed by atoms with Gasteiger partial charge in [-0.25, -0.2) is 24.7 Å². The zero-order chi connectivity index (χ0) is 68.4. The first kappa shape index (κ1) is 65.0. The Bertz CT molecular complexity index is 5440. The number of carbonyl (C=O) groups is 1. The number of anilines is 4. The van der Waals surface area contributed by atoms with Gasteiger partial charge in [0.2, 0.25) is 0 Å². The highest BCUT2D eigenvalue weighted by Crippen LogP contribution is 2.26. The van der Waals surface area contributed by atoms with Crippen LogP contribution in [0.5, 0.6) is 11.5 Å².